The Hall–Kier alpha value is -1.47. The van der Waals surface area contributed by atoms with Crippen LogP contribution < -0.4 is 5.32 Å². The second kappa shape index (κ2) is 6.12. The summed E-state index contributed by atoms with van der Waals surface area (Å²) in [6, 6.07) is 16.8. The van der Waals surface area contributed by atoms with Crippen molar-refractivity contribution < 1.29 is 0 Å². The Morgan fingerprint density at radius 3 is 2.16 bits per heavy atom. The Morgan fingerprint density at radius 1 is 0.895 bits per heavy atom. The molecular weight excluding hydrogens is 254 g/mol. The SMILES string of the molecule is CC(C)c1ccc(NC(C)c2cccc(Cl)c2)cc1. The van der Waals surface area contributed by atoms with Gasteiger partial charge in [-0.3, -0.25) is 0 Å². The molecule has 2 heteroatoms. The van der Waals surface area contributed by atoms with Gasteiger partial charge in [-0.05, 0) is 48.2 Å². The maximum absolute atomic E-state index is 6.02. The highest BCUT2D eigenvalue weighted by atomic mass is 35.5. The molecule has 0 amide bonds. The molecule has 0 aromatic heterocycles. The topological polar surface area (TPSA) is 12.0 Å². The van der Waals surface area contributed by atoms with Gasteiger partial charge in [-0.2, -0.15) is 0 Å². The summed E-state index contributed by atoms with van der Waals surface area (Å²) >= 11 is 6.02. The van der Waals surface area contributed by atoms with Crippen LogP contribution in [0.3, 0.4) is 0 Å². The zero-order valence-corrected chi connectivity index (χ0v) is 12.4. The Bertz CT molecular complexity index is 531. The van der Waals surface area contributed by atoms with Crippen LogP contribution in [0.25, 0.3) is 0 Å². The molecule has 2 aromatic rings. The molecule has 19 heavy (non-hydrogen) atoms. The summed E-state index contributed by atoms with van der Waals surface area (Å²) in [5.41, 5.74) is 3.69. The van der Waals surface area contributed by atoms with Crippen LogP contribution in [0.2, 0.25) is 5.02 Å². The van der Waals surface area contributed by atoms with Gasteiger partial charge in [0.15, 0.2) is 0 Å². The van der Waals surface area contributed by atoms with E-state index < -0.39 is 0 Å². The van der Waals surface area contributed by atoms with Gasteiger partial charge in [0, 0.05) is 16.8 Å². The van der Waals surface area contributed by atoms with Crippen LogP contribution in [-0.4, -0.2) is 0 Å². The van der Waals surface area contributed by atoms with Crippen LogP contribution in [0, 0.1) is 0 Å². The molecule has 2 rings (SSSR count). The fourth-order valence-corrected chi connectivity index (χ4v) is 2.27. The summed E-state index contributed by atoms with van der Waals surface area (Å²) < 4.78 is 0. The van der Waals surface area contributed by atoms with Gasteiger partial charge in [0.2, 0.25) is 0 Å². The highest BCUT2D eigenvalue weighted by Gasteiger charge is 2.06. The molecule has 1 atom stereocenters. The Morgan fingerprint density at radius 2 is 1.58 bits per heavy atom. The molecule has 0 spiro atoms. The first-order chi connectivity index (χ1) is 9.06. The van der Waals surface area contributed by atoms with Gasteiger partial charge < -0.3 is 5.32 Å². The average Bonchev–Trinajstić information content (AvgIpc) is 2.39. The average molecular weight is 274 g/mol. The van der Waals surface area contributed by atoms with Crippen molar-refractivity contribution in [3.63, 3.8) is 0 Å². The molecule has 1 nitrogen and oxygen atoms in total. The number of hydrogen-bond donors (Lipinski definition) is 1. The van der Waals surface area contributed by atoms with E-state index in [2.05, 4.69) is 56.4 Å². The zero-order valence-electron chi connectivity index (χ0n) is 11.7. The van der Waals surface area contributed by atoms with E-state index in [1.165, 1.54) is 11.1 Å². The summed E-state index contributed by atoms with van der Waals surface area (Å²) in [6.07, 6.45) is 0. The van der Waals surface area contributed by atoms with Gasteiger partial charge in [-0.15, -0.1) is 0 Å². The third-order valence-corrected chi connectivity index (χ3v) is 3.54. The van der Waals surface area contributed by atoms with Crippen molar-refractivity contribution in [3.8, 4) is 0 Å². The molecule has 0 radical (unpaired) electrons. The fourth-order valence-electron chi connectivity index (χ4n) is 2.07. The second-order valence-electron chi connectivity index (χ2n) is 5.20. The van der Waals surface area contributed by atoms with Crippen molar-refractivity contribution in [2.24, 2.45) is 0 Å². The minimum Gasteiger partial charge on any atom is -0.379 e. The molecule has 2 aromatic carbocycles. The van der Waals surface area contributed by atoms with Crippen LogP contribution in [0.15, 0.2) is 48.5 Å². The van der Waals surface area contributed by atoms with Crippen molar-refractivity contribution in [2.45, 2.75) is 32.7 Å². The first-order valence-electron chi connectivity index (χ1n) is 6.68. The lowest BCUT2D eigenvalue weighted by molar-refractivity contribution is 0.862. The minimum atomic E-state index is 0.239. The van der Waals surface area contributed by atoms with E-state index in [9.17, 15) is 0 Å². The number of rotatable bonds is 4. The first-order valence-corrected chi connectivity index (χ1v) is 7.06. The lowest BCUT2D eigenvalue weighted by Crippen LogP contribution is -2.06. The Labute approximate surface area is 120 Å². The highest BCUT2D eigenvalue weighted by Crippen LogP contribution is 2.23. The smallest absolute Gasteiger partial charge is 0.0486 e. The molecule has 0 fully saturated rings. The summed E-state index contributed by atoms with van der Waals surface area (Å²) in [6.45, 7) is 6.55. The second-order valence-corrected chi connectivity index (χ2v) is 5.63. The molecular formula is C17H20ClN. The summed E-state index contributed by atoms with van der Waals surface area (Å²) in [5, 5.41) is 4.27. The largest absolute Gasteiger partial charge is 0.379 e. The van der Waals surface area contributed by atoms with Crippen LogP contribution in [0.1, 0.15) is 43.9 Å². The van der Waals surface area contributed by atoms with Gasteiger partial charge in [0.25, 0.3) is 0 Å². The van der Waals surface area contributed by atoms with Gasteiger partial charge in [-0.1, -0.05) is 49.7 Å². The van der Waals surface area contributed by atoms with E-state index in [-0.39, 0.29) is 6.04 Å². The van der Waals surface area contributed by atoms with Crippen molar-refractivity contribution in [1.82, 2.24) is 0 Å². The van der Waals surface area contributed by atoms with E-state index in [4.69, 9.17) is 11.6 Å². The fraction of sp³-hybridized carbons (Fsp3) is 0.294. The van der Waals surface area contributed by atoms with E-state index >= 15 is 0 Å². The van der Waals surface area contributed by atoms with Crippen molar-refractivity contribution in [2.75, 3.05) is 5.32 Å². The minimum absolute atomic E-state index is 0.239. The molecule has 1 N–H and O–H groups in total. The van der Waals surface area contributed by atoms with Gasteiger partial charge in [-0.25, -0.2) is 0 Å². The molecule has 0 aliphatic heterocycles. The molecule has 0 bridgehead atoms. The third-order valence-electron chi connectivity index (χ3n) is 3.31. The lowest BCUT2D eigenvalue weighted by Gasteiger charge is -2.16. The Kier molecular flexibility index (Phi) is 4.49. The van der Waals surface area contributed by atoms with Crippen molar-refractivity contribution >= 4 is 17.3 Å². The number of hydrogen-bond acceptors (Lipinski definition) is 1. The lowest BCUT2D eigenvalue weighted by atomic mass is 10.0. The van der Waals surface area contributed by atoms with Crippen LogP contribution in [0.4, 0.5) is 5.69 Å². The van der Waals surface area contributed by atoms with E-state index in [1.54, 1.807) is 0 Å². The summed E-state index contributed by atoms with van der Waals surface area (Å²) in [5.74, 6) is 0.569. The van der Waals surface area contributed by atoms with E-state index in [1.807, 2.05) is 18.2 Å². The van der Waals surface area contributed by atoms with Gasteiger partial charge >= 0.3 is 0 Å². The summed E-state index contributed by atoms with van der Waals surface area (Å²) in [7, 11) is 0. The number of anilines is 1. The van der Waals surface area contributed by atoms with Crippen molar-refractivity contribution in [1.29, 1.82) is 0 Å². The molecule has 0 aliphatic rings. The van der Waals surface area contributed by atoms with Crippen molar-refractivity contribution in [3.05, 3.63) is 64.7 Å². The number of halogens is 1. The van der Waals surface area contributed by atoms with E-state index in [0.29, 0.717) is 5.92 Å². The quantitative estimate of drug-likeness (QED) is 0.760. The summed E-state index contributed by atoms with van der Waals surface area (Å²) in [4.78, 5) is 0. The monoisotopic (exact) mass is 273 g/mol. The van der Waals surface area contributed by atoms with Gasteiger partial charge in [0.05, 0.1) is 0 Å². The molecule has 0 saturated carbocycles. The number of nitrogens with one attached hydrogen (secondary N) is 1. The predicted molar refractivity (Wildman–Crippen MR) is 84.0 cm³/mol. The molecule has 0 heterocycles. The van der Waals surface area contributed by atoms with Crippen LogP contribution >= 0.6 is 11.6 Å². The Balaban J connectivity index is 2.08. The molecule has 100 valence electrons. The molecule has 0 saturated heterocycles. The van der Waals surface area contributed by atoms with Crippen LogP contribution in [0.5, 0.6) is 0 Å². The van der Waals surface area contributed by atoms with Crippen LogP contribution in [-0.2, 0) is 0 Å². The normalized spacial score (nSPS) is 12.5. The maximum Gasteiger partial charge on any atom is 0.0486 e. The zero-order chi connectivity index (χ0) is 13.8. The van der Waals surface area contributed by atoms with E-state index in [0.717, 1.165) is 10.7 Å². The maximum atomic E-state index is 6.02. The standard InChI is InChI=1S/C17H20ClN/c1-12(2)14-7-9-17(10-8-14)19-13(3)15-5-4-6-16(18)11-15/h4-13,19H,1-3H3. The molecule has 1 unspecified atom stereocenters. The first kappa shape index (κ1) is 14.0. The number of benzene rings is 2. The predicted octanol–water partition coefficient (Wildman–Crippen LogP) is 5.64. The highest BCUT2D eigenvalue weighted by molar-refractivity contribution is 6.30. The molecule has 0 aliphatic carbocycles. The third kappa shape index (κ3) is 3.74. The van der Waals surface area contributed by atoms with Gasteiger partial charge in [0.1, 0.15) is 0 Å².